The van der Waals surface area contributed by atoms with Crippen LogP contribution in [0, 0.1) is 0 Å². The molecule has 0 fully saturated rings. The van der Waals surface area contributed by atoms with Crippen LogP contribution in [0.1, 0.15) is 49.9 Å². The summed E-state index contributed by atoms with van der Waals surface area (Å²) in [6.07, 6.45) is 0. The standard InChI is InChI=1S/C45H36N4/c1-44(2)35-17-9-8-16-33(35)34-27-24-31(28-38(34)44)43-47-41(29-14-6-5-7-15-29)46-42(48-43)30-22-25-32(26-23-30)49-39-20-12-10-18-36(39)45(3,4)37-19-11-13-21-40(37)49/h5-28H,1-4H3. The molecule has 0 N–H and O–H groups in total. The van der Waals surface area contributed by atoms with Crippen LogP contribution < -0.4 is 4.90 Å². The van der Waals surface area contributed by atoms with E-state index in [0.717, 1.165) is 22.4 Å². The van der Waals surface area contributed by atoms with Gasteiger partial charge >= 0.3 is 0 Å². The molecule has 0 saturated heterocycles. The van der Waals surface area contributed by atoms with Crippen LogP contribution in [0.3, 0.4) is 0 Å². The molecule has 0 atom stereocenters. The molecule has 0 spiro atoms. The zero-order chi connectivity index (χ0) is 33.3. The van der Waals surface area contributed by atoms with Crippen molar-refractivity contribution in [3.8, 4) is 45.3 Å². The maximum atomic E-state index is 5.12. The number of aromatic nitrogens is 3. The maximum absolute atomic E-state index is 5.12. The van der Waals surface area contributed by atoms with Crippen LogP contribution in [-0.2, 0) is 10.8 Å². The van der Waals surface area contributed by atoms with Gasteiger partial charge in [0.2, 0.25) is 0 Å². The van der Waals surface area contributed by atoms with Gasteiger partial charge in [-0.3, -0.25) is 0 Å². The summed E-state index contributed by atoms with van der Waals surface area (Å²) in [5.74, 6) is 1.98. The molecule has 1 aliphatic carbocycles. The largest absolute Gasteiger partial charge is 0.310 e. The summed E-state index contributed by atoms with van der Waals surface area (Å²) in [6, 6.07) is 51.7. The normalized spacial score (nSPS) is 14.8. The summed E-state index contributed by atoms with van der Waals surface area (Å²) in [4.78, 5) is 17.6. The summed E-state index contributed by atoms with van der Waals surface area (Å²) >= 11 is 0. The number of hydrogen-bond acceptors (Lipinski definition) is 4. The van der Waals surface area contributed by atoms with E-state index in [0.29, 0.717) is 17.5 Å². The number of para-hydroxylation sites is 2. The Hall–Kier alpha value is -5.87. The summed E-state index contributed by atoms with van der Waals surface area (Å²) in [6.45, 7) is 9.23. The molecule has 0 unspecified atom stereocenters. The SMILES string of the molecule is CC1(C)c2ccccc2-c2ccc(-c3nc(-c4ccccc4)nc(-c4ccc(N5c6ccccc6C(C)(C)c6ccccc65)cc4)n3)cc21. The minimum atomic E-state index is -0.114. The third-order valence-electron chi connectivity index (χ3n) is 10.5. The van der Waals surface area contributed by atoms with Crippen LogP contribution in [0.15, 0.2) is 146 Å². The van der Waals surface area contributed by atoms with Crippen molar-refractivity contribution >= 4 is 17.1 Å². The average Bonchev–Trinajstić information content (AvgIpc) is 3.38. The molecular weight excluding hydrogens is 597 g/mol. The number of hydrogen-bond donors (Lipinski definition) is 0. The fourth-order valence-electron chi connectivity index (χ4n) is 7.90. The number of fused-ring (bicyclic) bond motifs is 5. The lowest BCUT2D eigenvalue weighted by atomic mass is 9.73. The minimum absolute atomic E-state index is 0.103. The molecule has 4 heteroatoms. The first kappa shape index (κ1) is 29.3. The molecule has 49 heavy (non-hydrogen) atoms. The molecule has 4 nitrogen and oxygen atoms in total. The Morgan fingerprint density at radius 3 is 1.47 bits per heavy atom. The number of benzene rings is 6. The first-order valence-electron chi connectivity index (χ1n) is 17.0. The van der Waals surface area contributed by atoms with Crippen LogP contribution >= 0.6 is 0 Å². The van der Waals surface area contributed by atoms with Crippen molar-refractivity contribution in [1.82, 2.24) is 15.0 Å². The third kappa shape index (κ3) is 4.55. The maximum Gasteiger partial charge on any atom is 0.164 e. The highest BCUT2D eigenvalue weighted by Crippen LogP contribution is 2.52. The Morgan fingerprint density at radius 2 is 0.837 bits per heavy atom. The first-order valence-corrected chi connectivity index (χ1v) is 17.0. The average molecular weight is 633 g/mol. The van der Waals surface area contributed by atoms with Crippen LogP contribution in [0.25, 0.3) is 45.3 Å². The Morgan fingerprint density at radius 1 is 0.388 bits per heavy atom. The number of anilines is 3. The molecule has 0 amide bonds. The summed E-state index contributed by atoms with van der Waals surface area (Å²) in [5.41, 5.74) is 14.0. The van der Waals surface area contributed by atoms with Crippen molar-refractivity contribution in [3.63, 3.8) is 0 Å². The van der Waals surface area contributed by atoms with Gasteiger partial charge < -0.3 is 4.90 Å². The van der Waals surface area contributed by atoms with Crippen LogP contribution in [0.5, 0.6) is 0 Å². The van der Waals surface area contributed by atoms with E-state index in [-0.39, 0.29) is 10.8 Å². The van der Waals surface area contributed by atoms with E-state index in [2.05, 4.69) is 160 Å². The van der Waals surface area contributed by atoms with E-state index in [1.54, 1.807) is 0 Å². The van der Waals surface area contributed by atoms with Crippen LogP contribution in [0.4, 0.5) is 17.1 Å². The molecule has 1 aliphatic heterocycles. The van der Waals surface area contributed by atoms with Gasteiger partial charge in [-0.25, -0.2) is 15.0 Å². The fourth-order valence-corrected chi connectivity index (χ4v) is 7.90. The van der Waals surface area contributed by atoms with Crippen molar-refractivity contribution in [1.29, 1.82) is 0 Å². The predicted molar refractivity (Wildman–Crippen MR) is 201 cm³/mol. The zero-order valence-electron chi connectivity index (χ0n) is 28.1. The van der Waals surface area contributed by atoms with E-state index >= 15 is 0 Å². The van der Waals surface area contributed by atoms with E-state index in [4.69, 9.17) is 15.0 Å². The molecule has 236 valence electrons. The molecule has 9 rings (SSSR count). The zero-order valence-corrected chi connectivity index (χ0v) is 28.1. The molecule has 0 saturated carbocycles. The Bertz CT molecular complexity index is 2340. The smallest absolute Gasteiger partial charge is 0.164 e. The Kier molecular flexibility index (Phi) is 6.47. The van der Waals surface area contributed by atoms with Gasteiger partial charge in [0.25, 0.3) is 0 Å². The van der Waals surface area contributed by atoms with Gasteiger partial charge in [0, 0.05) is 33.2 Å². The molecule has 7 aromatic rings. The Labute approximate surface area is 287 Å². The highest BCUT2D eigenvalue weighted by molar-refractivity contribution is 5.87. The molecule has 6 aromatic carbocycles. The van der Waals surface area contributed by atoms with Crippen LogP contribution in [-0.4, -0.2) is 15.0 Å². The van der Waals surface area contributed by atoms with Gasteiger partial charge in [-0.1, -0.05) is 131 Å². The number of rotatable bonds is 4. The monoisotopic (exact) mass is 632 g/mol. The van der Waals surface area contributed by atoms with E-state index in [1.807, 2.05) is 18.2 Å². The lowest BCUT2D eigenvalue weighted by Gasteiger charge is -2.42. The van der Waals surface area contributed by atoms with Gasteiger partial charge in [-0.05, 0) is 75.8 Å². The molecule has 2 aliphatic rings. The van der Waals surface area contributed by atoms with Crippen molar-refractivity contribution in [2.24, 2.45) is 0 Å². The third-order valence-corrected chi connectivity index (χ3v) is 10.5. The van der Waals surface area contributed by atoms with E-state index in [1.165, 1.54) is 44.8 Å². The number of nitrogens with zero attached hydrogens (tertiary/aromatic N) is 4. The molecule has 0 bridgehead atoms. The summed E-state index contributed by atoms with van der Waals surface area (Å²) in [5, 5.41) is 0. The van der Waals surface area contributed by atoms with Gasteiger partial charge in [0.1, 0.15) is 0 Å². The van der Waals surface area contributed by atoms with Gasteiger partial charge in [-0.2, -0.15) is 0 Å². The van der Waals surface area contributed by atoms with Crippen molar-refractivity contribution < 1.29 is 0 Å². The predicted octanol–water partition coefficient (Wildman–Crippen LogP) is 11.3. The van der Waals surface area contributed by atoms with E-state index in [9.17, 15) is 0 Å². The van der Waals surface area contributed by atoms with E-state index < -0.39 is 0 Å². The van der Waals surface area contributed by atoms with Crippen molar-refractivity contribution in [3.05, 3.63) is 168 Å². The highest BCUT2D eigenvalue weighted by Gasteiger charge is 2.37. The topological polar surface area (TPSA) is 41.9 Å². The van der Waals surface area contributed by atoms with Crippen molar-refractivity contribution in [2.45, 2.75) is 38.5 Å². The quantitative estimate of drug-likeness (QED) is 0.194. The van der Waals surface area contributed by atoms with Crippen LogP contribution in [0.2, 0.25) is 0 Å². The van der Waals surface area contributed by atoms with Gasteiger partial charge in [0.05, 0.1) is 11.4 Å². The summed E-state index contributed by atoms with van der Waals surface area (Å²) in [7, 11) is 0. The first-order chi connectivity index (χ1) is 23.8. The second kappa shape index (κ2) is 10.8. The minimum Gasteiger partial charge on any atom is -0.310 e. The molecular formula is C45H36N4. The molecule has 0 radical (unpaired) electrons. The Balaban J connectivity index is 1.15. The molecule has 2 heterocycles. The second-order valence-corrected chi connectivity index (χ2v) is 14.1. The fraction of sp³-hybridized carbons (Fsp3) is 0.133. The van der Waals surface area contributed by atoms with Crippen molar-refractivity contribution in [2.75, 3.05) is 4.90 Å². The van der Waals surface area contributed by atoms with Gasteiger partial charge in [-0.15, -0.1) is 0 Å². The lowest BCUT2D eigenvalue weighted by Crippen LogP contribution is -2.30. The molecule has 1 aromatic heterocycles. The van der Waals surface area contributed by atoms with Gasteiger partial charge in [0.15, 0.2) is 17.5 Å². The second-order valence-electron chi connectivity index (χ2n) is 14.1. The summed E-state index contributed by atoms with van der Waals surface area (Å²) < 4.78 is 0. The highest BCUT2D eigenvalue weighted by atomic mass is 15.2. The lowest BCUT2D eigenvalue weighted by molar-refractivity contribution is 0.632.